The topological polar surface area (TPSA) is 133 Å². The summed E-state index contributed by atoms with van der Waals surface area (Å²) in [5, 5.41) is 5.05. The number of aromatic nitrogens is 4. The molecule has 1 aliphatic rings. The average Bonchev–Trinajstić information content (AvgIpc) is 2.99. The van der Waals surface area contributed by atoms with Gasteiger partial charge in [-0.05, 0) is 6.42 Å². The van der Waals surface area contributed by atoms with Gasteiger partial charge in [0.1, 0.15) is 0 Å². The number of amides is 2. The SMILES string of the molecule is CC(=O)Nc1nc2nc[nH]c2c(=O)[nH]1.O=C1CCCN1. The van der Waals surface area contributed by atoms with E-state index in [4.69, 9.17) is 0 Å². The number of rotatable bonds is 1. The Hall–Kier alpha value is -2.71. The van der Waals surface area contributed by atoms with Gasteiger partial charge in [0.25, 0.3) is 5.56 Å². The van der Waals surface area contributed by atoms with Crippen LogP contribution in [0.5, 0.6) is 0 Å². The Morgan fingerprint density at radius 3 is 2.75 bits per heavy atom. The van der Waals surface area contributed by atoms with Gasteiger partial charge >= 0.3 is 0 Å². The first-order valence-electron chi connectivity index (χ1n) is 6.04. The molecule has 2 aromatic heterocycles. The predicted molar refractivity (Wildman–Crippen MR) is 71.1 cm³/mol. The molecular formula is C11H14N6O3. The van der Waals surface area contributed by atoms with Crippen molar-refractivity contribution in [3.8, 4) is 0 Å². The van der Waals surface area contributed by atoms with Gasteiger partial charge in [0.05, 0.1) is 6.33 Å². The van der Waals surface area contributed by atoms with Crippen LogP contribution >= 0.6 is 0 Å². The maximum absolute atomic E-state index is 11.3. The van der Waals surface area contributed by atoms with Crippen molar-refractivity contribution in [2.75, 3.05) is 11.9 Å². The van der Waals surface area contributed by atoms with E-state index in [9.17, 15) is 14.4 Å². The standard InChI is InChI=1S/C7H7N5O2.C4H7NO/c1-3(13)10-7-11-5-4(6(14)12-7)8-2-9-5;6-4-2-1-3-5-4/h2H,1H3,(H3,8,9,10,11,12,13,14);1-3H2,(H,5,6). The van der Waals surface area contributed by atoms with Crippen molar-refractivity contribution in [1.82, 2.24) is 25.3 Å². The highest BCUT2D eigenvalue weighted by molar-refractivity contribution is 5.87. The van der Waals surface area contributed by atoms with Crippen LogP contribution in [-0.2, 0) is 9.59 Å². The van der Waals surface area contributed by atoms with Crippen molar-refractivity contribution < 1.29 is 9.59 Å². The van der Waals surface area contributed by atoms with Gasteiger partial charge in [0.2, 0.25) is 17.8 Å². The van der Waals surface area contributed by atoms with Crippen LogP contribution < -0.4 is 16.2 Å². The van der Waals surface area contributed by atoms with Crippen LogP contribution in [0.2, 0.25) is 0 Å². The van der Waals surface area contributed by atoms with Gasteiger partial charge in [-0.25, -0.2) is 4.98 Å². The summed E-state index contributed by atoms with van der Waals surface area (Å²) in [6.07, 6.45) is 3.13. The maximum atomic E-state index is 11.3. The number of carbonyl (C=O) groups is 2. The lowest BCUT2D eigenvalue weighted by Gasteiger charge is -1.98. The van der Waals surface area contributed by atoms with Crippen LogP contribution in [0.25, 0.3) is 11.2 Å². The van der Waals surface area contributed by atoms with E-state index < -0.39 is 0 Å². The first-order chi connectivity index (χ1) is 9.56. The fraction of sp³-hybridized carbons (Fsp3) is 0.364. The van der Waals surface area contributed by atoms with Gasteiger partial charge in [-0.2, -0.15) is 4.98 Å². The summed E-state index contributed by atoms with van der Waals surface area (Å²) in [7, 11) is 0. The second kappa shape index (κ2) is 5.95. The molecule has 0 unspecified atom stereocenters. The normalized spacial score (nSPS) is 13.6. The Labute approximate surface area is 113 Å². The number of H-pyrrole nitrogens is 2. The summed E-state index contributed by atoms with van der Waals surface area (Å²) in [5.74, 6) is 0.000126. The first-order valence-corrected chi connectivity index (χ1v) is 6.04. The molecule has 0 radical (unpaired) electrons. The molecule has 1 saturated heterocycles. The number of nitrogens with zero attached hydrogens (tertiary/aromatic N) is 2. The Kier molecular flexibility index (Phi) is 4.08. The minimum atomic E-state index is -0.365. The highest BCUT2D eigenvalue weighted by Gasteiger charge is 2.06. The smallest absolute Gasteiger partial charge is 0.278 e. The van der Waals surface area contributed by atoms with Crippen molar-refractivity contribution in [2.45, 2.75) is 19.8 Å². The van der Waals surface area contributed by atoms with Crippen LogP contribution in [0.4, 0.5) is 5.95 Å². The fourth-order valence-electron chi connectivity index (χ4n) is 1.63. The van der Waals surface area contributed by atoms with Crippen molar-refractivity contribution in [3.05, 3.63) is 16.7 Å². The average molecular weight is 278 g/mol. The van der Waals surface area contributed by atoms with E-state index in [0.717, 1.165) is 19.4 Å². The van der Waals surface area contributed by atoms with Crippen LogP contribution in [0.1, 0.15) is 19.8 Å². The summed E-state index contributed by atoms with van der Waals surface area (Å²) < 4.78 is 0. The van der Waals surface area contributed by atoms with E-state index in [1.54, 1.807) is 0 Å². The zero-order valence-corrected chi connectivity index (χ0v) is 10.8. The van der Waals surface area contributed by atoms with Crippen molar-refractivity contribution in [2.24, 2.45) is 0 Å². The Balaban J connectivity index is 0.000000205. The minimum absolute atomic E-state index is 0.0992. The summed E-state index contributed by atoms with van der Waals surface area (Å²) >= 11 is 0. The lowest BCUT2D eigenvalue weighted by atomic mass is 10.4. The number of hydrogen-bond donors (Lipinski definition) is 4. The van der Waals surface area contributed by atoms with Crippen LogP contribution in [0.3, 0.4) is 0 Å². The summed E-state index contributed by atoms with van der Waals surface area (Å²) in [6, 6.07) is 0. The third-order valence-electron chi connectivity index (χ3n) is 2.49. The number of fused-ring (bicyclic) bond motifs is 1. The molecule has 0 saturated carbocycles. The maximum Gasteiger partial charge on any atom is 0.278 e. The molecule has 0 aromatic carbocycles. The third-order valence-corrected chi connectivity index (χ3v) is 2.49. The summed E-state index contributed by atoms with van der Waals surface area (Å²) in [6.45, 7) is 2.22. The molecule has 9 heteroatoms. The number of anilines is 1. The molecule has 0 atom stereocenters. The first kappa shape index (κ1) is 13.7. The van der Waals surface area contributed by atoms with Crippen molar-refractivity contribution in [1.29, 1.82) is 0 Å². The van der Waals surface area contributed by atoms with E-state index in [-0.39, 0.29) is 29.0 Å². The molecule has 9 nitrogen and oxygen atoms in total. The molecule has 20 heavy (non-hydrogen) atoms. The van der Waals surface area contributed by atoms with E-state index in [0.29, 0.717) is 5.52 Å². The van der Waals surface area contributed by atoms with E-state index in [1.165, 1.54) is 13.3 Å². The summed E-state index contributed by atoms with van der Waals surface area (Å²) in [5.41, 5.74) is 0.202. The van der Waals surface area contributed by atoms with Gasteiger partial charge in [-0.3, -0.25) is 24.7 Å². The van der Waals surface area contributed by atoms with Crippen LogP contribution in [0.15, 0.2) is 11.1 Å². The molecule has 3 rings (SSSR count). The Bertz CT molecular complexity index is 681. The quantitative estimate of drug-likeness (QED) is 0.558. The molecule has 2 amide bonds. The molecule has 3 heterocycles. The number of imidazole rings is 1. The molecular weight excluding hydrogens is 264 g/mol. The van der Waals surface area contributed by atoms with Gasteiger partial charge in [-0.15, -0.1) is 0 Å². The largest absolute Gasteiger partial charge is 0.356 e. The van der Waals surface area contributed by atoms with Gasteiger partial charge in [0.15, 0.2) is 11.2 Å². The predicted octanol–water partition coefficient (Wildman–Crippen LogP) is -0.499. The van der Waals surface area contributed by atoms with Crippen LogP contribution in [-0.4, -0.2) is 38.3 Å². The molecule has 4 N–H and O–H groups in total. The van der Waals surface area contributed by atoms with Crippen molar-refractivity contribution in [3.63, 3.8) is 0 Å². The lowest BCUT2D eigenvalue weighted by molar-refractivity contribution is -0.119. The van der Waals surface area contributed by atoms with Gasteiger partial charge < -0.3 is 10.3 Å². The second-order valence-corrected chi connectivity index (χ2v) is 4.15. The van der Waals surface area contributed by atoms with Gasteiger partial charge in [0, 0.05) is 19.9 Å². The molecule has 2 aromatic rings. The Morgan fingerprint density at radius 2 is 2.20 bits per heavy atom. The van der Waals surface area contributed by atoms with E-state index in [1.807, 2.05) is 0 Å². The molecule has 1 fully saturated rings. The zero-order chi connectivity index (χ0) is 14.5. The Morgan fingerprint density at radius 1 is 1.40 bits per heavy atom. The molecule has 0 spiro atoms. The highest BCUT2D eigenvalue weighted by Crippen LogP contribution is 2.02. The van der Waals surface area contributed by atoms with Gasteiger partial charge in [-0.1, -0.05) is 0 Å². The fourth-order valence-corrected chi connectivity index (χ4v) is 1.63. The molecule has 0 aliphatic carbocycles. The molecule has 106 valence electrons. The molecule has 1 aliphatic heterocycles. The number of aromatic amines is 2. The summed E-state index contributed by atoms with van der Waals surface area (Å²) in [4.78, 5) is 44.9. The monoisotopic (exact) mass is 278 g/mol. The zero-order valence-electron chi connectivity index (χ0n) is 10.8. The number of nitrogens with one attached hydrogen (secondary N) is 4. The number of carbonyl (C=O) groups excluding carboxylic acids is 2. The minimum Gasteiger partial charge on any atom is -0.356 e. The molecule has 0 bridgehead atoms. The third kappa shape index (κ3) is 3.40. The highest BCUT2D eigenvalue weighted by atomic mass is 16.2. The van der Waals surface area contributed by atoms with E-state index >= 15 is 0 Å². The van der Waals surface area contributed by atoms with E-state index in [2.05, 4.69) is 30.6 Å². The van der Waals surface area contributed by atoms with Crippen LogP contribution in [0, 0.1) is 0 Å². The number of hydrogen-bond acceptors (Lipinski definition) is 5. The second-order valence-electron chi connectivity index (χ2n) is 4.15. The van der Waals surface area contributed by atoms with Crippen molar-refractivity contribution >= 4 is 28.9 Å². The lowest BCUT2D eigenvalue weighted by Crippen LogP contribution is -2.15.